The van der Waals surface area contributed by atoms with Crippen LogP contribution in [-0.2, 0) is 19.2 Å². The van der Waals surface area contributed by atoms with Gasteiger partial charge in [-0.15, -0.1) is 0 Å². The third-order valence-corrected chi connectivity index (χ3v) is 8.07. The van der Waals surface area contributed by atoms with Crippen LogP contribution in [0.15, 0.2) is 30.3 Å². The molecule has 3 fully saturated rings. The van der Waals surface area contributed by atoms with E-state index in [1.54, 1.807) is 0 Å². The third kappa shape index (κ3) is 4.65. The number of aliphatic hydroxyl groups is 2. The fraction of sp³-hybridized carbons (Fsp3) is 0.615. The van der Waals surface area contributed by atoms with Crippen LogP contribution in [0.2, 0.25) is 0 Å². The predicted octanol–water partition coefficient (Wildman–Crippen LogP) is -0.745. The van der Waals surface area contributed by atoms with Crippen molar-refractivity contribution in [3.8, 4) is 0 Å². The molecule has 1 spiro atoms. The van der Waals surface area contributed by atoms with Gasteiger partial charge >= 0.3 is 0 Å². The van der Waals surface area contributed by atoms with E-state index in [0.717, 1.165) is 10.5 Å². The standard InChI is InChI=1S/C26H37N5O6/c1-15(32)20(27)23(35)29-12-6-10-18(29)22(34)30-13-7-11-26(30)14-19(17-8-4-3-5-9-17)31(25(26)37)24(36)21(28)16(2)33/h3-5,8-9,15-16,18-21,32-33H,6-7,10-14,27-28H2,1-2H3. The SMILES string of the molecule is CC(O)C(N)C(=O)N1CCCC1C(=O)N1CCCC12CC(c1ccccc1)N(C(=O)C(N)C(C)O)C2=O. The number of carbonyl (C=O) groups excluding carboxylic acids is 4. The van der Waals surface area contributed by atoms with Gasteiger partial charge in [0.05, 0.1) is 18.2 Å². The van der Waals surface area contributed by atoms with E-state index in [1.807, 2.05) is 30.3 Å². The Morgan fingerprint density at radius 1 is 0.973 bits per heavy atom. The molecule has 202 valence electrons. The minimum atomic E-state index is -1.29. The van der Waals surface area contributed by atoms with Gasteiger partial charge in [-0.25, -0.2) is 0 Å². The highest BCUT2D eigenvalue weighted by Gasteiger charge is 2.61. The van der Waals surface area contributed by atoms with Gasteiger partial charge in [0.1, 0.15) is 23.7 Å². The highest BCUT2D eigenvalue weighted by atomic mass is 16.3. The molecule has 11 heteroatoms. The van der Waals surface area contributed by atoms with Crippen LogP contribution in [-0.4, -0.2) is 97.5 Å². The highest BCUT2D eigenvalue weighted by Crippen LogP contribution is 2.48. The second-order valence-corrected chi connectivity index (χ2v) is 10.5. The van der Waals surface area contributed by atoms with Crippen LogP contribution in [0.25, 0.3) is 0 Å². The average Bonchev–Trinajstić information content (AvgIpc) is 3.61. The van der Waals surface area contributed by atoms with E-state index in [1.165, 1.54) is 23.6 Å². The van der Waals surface area contributed by atoms with Gasteiger partial charge in [0.25, 0.3) is 5.91 Å². The lowest BCUT2D eigenvalue weighted by atomic mass is 9.89. The quantitative estimate of drug-likeness (QED) is 0.384. The number of nitrogens with zero attached hydrogens (tertiary/aromatic N) is 3. The Morgan fingerprint density at radius 2 is 1.59 bits per heavy atom. The number of aliphatic hydroxyl groups excluding tert-OH is 2. The summed E-state index contributed by atoms with van der Waals surface area (Å²) < 4.78 is 0. The minimum absolute atomic E-state index is 0.202. The fourth-order valence-electron chi connectivity index (χ4n) is 5.93. The van der Waals surface area contributed by atoms with Crippen LogP contribution in [0.5, 0.6) is 0 Å². The summed E-state index contributed by atoms with van der Waals surface area (Å²) >= 11 is 0. The highest BCUT2D eigenvalue weighted by molar-refractivity contribution is 6.06. The van der Waals surface area contributed by atoms with E-state index >= 15 is 0 Å². The molecule has 11 nitrogen and oxygen atoms in total. The summed E-state index contributed by atoms with van der Waals surface area (Å²) in [6.07, 6.45) is -0.0547. The first-order valence-electron chi connectivity index (χ1n) is 12.9. The molecule has 0 bridgehead atoms. The van der Waals surface area contributed by atoms with Crippen molar-refractivity contribution in [2.24, 2.45) is 11.5 Å². The van der Waals surface area contributed by atoms with E-state index in [9.17, 15) is 29.4 Å². The molecule has 3 aliphatic rings. The smallest absolute Gasteiger partial charge is 0.255 e. The maximum atomic E-state index is 14.1. The zero-order valence-electron chi connectivity index (χ0n) is 21.3. The second-order valence-electron chi connectivity index (χ2n) is 10.5. The minimum Gasteiger partial charge on any atom is -0.391 e. The summed E-state index contributed by atoms with van der Waals surface area (Å²) in [5.74, 6) is -2.05. The number of hydrogen-bond donors (Lipinski definition) is 4. The predicted molar refractivity (Wildman–Crippen MR) is 133 cm³/mol. The number of likely N-dealkylation sites (tertiary alicyclic amines) is 3. The number of benzene rings is 1. The Labute approximate surface area is 216 Å². The first kappa shape index (κ1) is 27.2. The molecule has 1 aromatic carbocycles. The lowest BCUT2D eigenvalue weighted by molar-refractivity contribution is -0.156. The van der Waals surface area contributed by atoms with Crippen molar-refractivity contribution in [2.75, 3.05) is 13.1 Å². The van der Waals surface area contributed by atoms with E-state index < -0.39 is 59.6 Å². The summed E-state index contributed by atoms with van der Waals surface area (Å²) in [5, 5.41) is 19.8. The van der Waals surface area contributed by atoms with Crippen molar-refractivity contribution in [3.05, 3.63) is 35.9 Å². The number of hydrogen-bond acceptors (Lipinski definition) is 8. The lowest BCUT2D eigenvalue weighted by Gasteiger charge is -2.37. The lowest BCUT2D eigenvalue weighted by Crippen LogP contribution is -2.60. The summed E-state index contributed by atoms with van der Waals surface area (Å²) in [7, 11) is 0. The maximum absolute atomic E-state index is 14.1. The van der Waals surface area contributed by atoms with Crippen molar-refractivity contribution >= 4 is 23.6 Å². The molecule has 4 rings (SSSR count). The molecule has 0 saturated carbocycles. The van der Waals surface area contributed by atoms with E-state index in [0.29, 0.717) is 38.8 Å². The Balaban J connectivity index is 1.68. The first-order valence-corrected chi connectivity index (χ1v) is 12.9. The summed E-state index contributed by atoms with van der Waals surface area (Å²) in [5.41, 5.74) is 11.3. The molecule has 7 atom stereocenters. The van der Waals surface area contributed by atoms with Crippen LogP contribution in [0.3, 0.4) is 0 Å². The van der Waals surface area contributed by atoms with Gasteiger partial charge in [0, 0.05) is 19.5 Å². The van der Waals surface area contributed by atoms with Crippen LogP contribution in [0, 0.1) is 0 Å². The molecule has 3 heterocycles. The molecule has 1 aromatic rings. The van der Waals surface area contributed by atoms with E-state index in [4.69, 9.17) is 11.5 Å². The molecule has 3 saturated heterocycles. The molecule has 37 heavy (non-hydrogen) atoms. The van der Waals surface area contributed by atoms with E-state index in [-0.39, 0.29) is 12.3 Å². The molecule has 0 radical (unpaired) electrons. The zero-order valence-corrected chi connectivity index (χ0v) is 21.3. The molecular weight excluding hydrogens is 478 g/mol. The molecule has 6 N–H and O–H groups in total. The topological polar surface area (TPSA) is 170 Å². The number of rotatable bonds is 6. The number of amides is 4. The van der Waals surface area contributed by atoms with Crippen LogP contribution in [0.4, 0.5) is 0 Å². The van der Waals surface area contributed by atoms with Crippen molar-refractivity contribution in [2.45, 2.75) is 87.9 Å². The monoisotopic (exact) mass is 515 g/mol. The molecule has 0 aromatic heterocycles. The van der Waals surface area contributed by atoms with Gasteiger partial charge in [0.15, 0.2) is 0 Å². The third-order valence-electron chi connectivity index (χ3n) is 8.07. The maximum Gasteiger partial charge on any atom is 0.255 e. The summed E-state index contributed by atoms with van der Waals surface area (Å²) in [6.45, 7) is 3.48. The van der Waals surface area contributed by atoms with Gasteiger partial charge in [0.2, 0.25) is 17.7 Å². The van der Waals surface area contributed by atoms with Gasteiger partial charge < -0.3 is 31.5 Å². The van der Waals surface area contributed by atoms with Crippen molar-refractivity contribution < 1.29 is 29.4 Å². The second kappa shape index (κ2) is 10.5. The van der Waals surface area contributed by atoms with Gasteiger partial charge in [-0.2, -0.15) is 0 Å². The molecule has 0 aliphatic carbocycles. The number of imide groups is 1. The normalized spacial score (nSPS) is 29.0. The first-order chi connectivity index (χ1) is 17.5. The van der Waals surface area contributed by atoms with Crippen LogP contribution >= 0.6 is 0 Å². The number of carbonyl (C=O) groups is 4. The largest absolute Gasteiger partial charge is 0.391 e. The Bertz CT molecular complexity index is 1050. The van der Waals surface area contributed by atoms with Gasteiger partial charge in [-0.05, 0) is 45.1 Å². The Kier molecular flexibility index (Phi) is 7.70. The molecule has 7 unspecified atom stereocenters. The van der Waals surface area contributed by atoms with E-state index in [2.05, 4.69) is 0 Å². The van der Waals surface area contributed by atoms with Crippen LogP contribution < -0.4 is 11.5 Å². The van der Waals surface area contributed by atoms with Crippen molar-refractivity contribution in [1.29, 1.82) is 0 Å². The van der Waals surface area contributed by atoms with Crippen LogP contribution in [0.1, 0.15) is 57.6 Å². The number of nitrogens with two attached hydrogens (primary N) is 2. The fourth-order valence-corrected chi connectivity index (χ4v) is 5.93. The van der Waals surface area contributed by atoms with Gasteiger partial charge in [-0.1, -0.05) is 30.3 Å². The summed E-state index contributed by atoms with van der Waals surface area (Å²) in [4.78, 5) is 58.4. The molecular formula is C26H37N5O6. The Morgan fingerprint density at radius 3 is 2.22 bits per heavy atom. The Hall–Kier alpha value is -2.86. The zero-order chi connectivity index (χ0) is 27.1. The van der Waals surface area contributed by atoms with Crippen molar-refractivity contribution in [3.63, 3.8) is 0 Å². The average molecular weight is 516 g/mol. The van der Waals surface area contributed by atoms with Gasteiger partial charge in [-0.3, -0.25) is 24.1 Å². The molecule has 4 amide bonds. The molecule has 3 aliphatic heterocycles. The van der Waals surface area contributed by atoms with Crippen molar-refractivity contribution in [1.82, 2.24) is 14.7 Å². The summed E-state index contributed by atoms with van der Waals surface area (Å²) in [6, 6.07) is 5.22.